The maximum atomic E-state index is 11.2. The van der Waals surface area contributed by atoms with E-state index in [1.54, 1.807) is 0 Å². The Kier molecular flexibility index (Phi) is 3.11. The molecule has 0 spiro atoms. The number of aliphatic hydroxyl groups excluding tert-OH is 1. The maximum absolute atomic E-state index is 11.2. The summed E-state index contributed by atoms with van der Waals surface area (Å²) in [6.07, 6.45) is 0.155. The van der Waals surface area contributed by atoms with Crippen LogP contribution in [0.15, 0.2) is 0 Å². The number of Topliss-reactive ketones (excluding diaryl/α,β-unsaturated/α-hetero) is 1. The molecule has 1 amide bonds. The number of thiol groups is 1. The minimum Gasteiger partial charge on any atom is -0.395 e. The molecular formula is C7H11NO3S. The summed E-state index contributed by atoms with van der Waals surface area (Å²) in [5, 5.41) is 8.11. The van der Waals surface area contributed by atoms with Crippen LogP contribution < -0.4 is 0 Å². The minimum absolute atomic E-state index is 0.0496. The third-order valence-corrected chi connectivity index (χ3v) is 2.28. The van der Waals surface area contributed by atoms with Crippen LogP contribution in [0.2, 0.25) is 0 Å². The number of hydrogen-bond acceptors (Lipinski definition) is 4. The predicted molar refractivity (Wildman–Crippen MR) is 46.1 cm³/mol. The van der Waals surface area contributed by atoms with Crippen molar-refractivity contribution >= 4 is 24.3 Å². The standard InChI is InChI=1S/C7H11NO3S/c9-2-1-8-4-5(10)6(12)3-7(8)11/h6,9,12H,1-4H2. The van der Waals surface area contributed by atoms with Gasteiger partial charge in [-0.25, -0.2) is 0 Å². The van der Waals surface area contributed by atoms with Crippen LogP contribution in [0.5, 0.6) is 0 Å². The van der Waals surface area contributed by atoms with E-state index in [2.05, 4.69) is 12.6 Å². The van der Waals surface area contributed by atoms with Gasteiger partial charge in [0.1, 0.15) is 0 Å². The summed E-state index contributed by atoms with van der Waals surface area (Å²) in [7, 11) is 0. The quantitative estimate of drug-likeness (QED) is 0.552. The van der Waals surface area contributed by atoms with Crippen LogP contribution in [0, 0.1) is 0 Å². The van der Waals surface area contributed by atoms with E-state index in [1.165, 1.54) is 4.90 Å². The number of likely N-dealkylation sites (tertiary alicyclic amines) is 1. The summed E-state index contributed by atoms with van der Waals surface area (Å²) < 4.78 is 0. The fourth-order valence-corrected chi connectivity index (χ4v) is 1.35. The van der Waals surface area contributed by atoms with Crippen molar-refractivity contribution in [2.75, 3.05) is 19.7 Å². The first-order valence-electron chi connectivity index (χ1n) is 3.74. The Morgan fingerprint density at radius 2 is 2.25 bits per heavy atom. The third kappa shape index (κ3) is 1.98. The number of rotatable bonds is 2. The van der Waals surface area contributed by atoms with Gasteiger partial charge < -0.3 is 10.0 Å². The van der Waals surface area contributed by atoms with Gasteiger partial charge in [-0.15, -0.1) is 0 Å². The second-order valence-electron chi connectivity index (χ2n) is 2.73. The summed E-state index contributed by atoms with van der Waals surface area (Å²) in [6.45, 7) is 0.231. The molecule has 0 aromatic heterocycles. The highest BCUT2D eigenvalue weighted by molar-refractivity contribution is 7.81. The molecule has 68 valence electrons. The van der Waals surface area contributed by atoms with Crippen molar-refractivity contribution in [1.82, 2.24) is 4.90 Å². The molecule has 4 nitrogen and oxygen atoms in total. The number of carbonyl (C=O) groups is 2. The van der Waals surface area contributed by atoms with Crippen molar-refractivity contribution in [3.05, 3.63) is 0 Å². The average Bonchev–Trinajstić information content (AvgIpc) is 2.01. The molecule has 5 heteroatoms. The number of ketones is 1. The van der Waals surface area contributed by atoms with E-state index in [9.17, 15) is 9.59 Å². The average molecular weight is 189 g/mol. The largest absolute Gasteiger partial charge is 0.395 e. The van der Waals surface area contributed by atoms with Crippen LogP contribution in [0.1, 0.15) is 6.42 Å². The molecule has 1 aliphatic rings. The topological polar surface area (TPSA) is 57.6 Å². The van der Waals surface area contributed by atoms with Crippen molar-refractivity contribution in [2.45, 2.75) is 11.7 Å². The first-order valence-corrected chi connectivity index (χ1v) is 4.26. The summed E-state index contributed by atoms with van der Waals surface area (Å²) >= 11 is 3.96. The summed E-state index contributed by atoms with van der Waals surface area (Å²) in [5.41, 5.74) is 0. The molecule has 0 radical (unpaired) electrons. The zero-order chi connectivity index (χ0) is 9.14. The van der Waals surface area contributed by atoms with Gasteiger partial charge in [-0.05, 0) is 0 Å². The molecule has 1 heterocycles. The molecule has 1 aliphatic heterocycles. The monoisotopic (exact) mass is 189 g/mol. The summed E-state index contributed by atoms with van der Waals surface area (Å²) in [6, 6.07) is 0. The predicted octanol–water partition coefficient (Wildman–Crippen LogP) is -0.921. The van der Waals surface area contributed by atoms with Crippen LogP contribution in [0.25, 0.3) is 0 Å². The molecule has 0 bridgehead atoms. The van der Waals surface area contributed by atoms with Gasteiger partial charge in [0.05, 0.1) is 18.4 Å². The van der Waals surface area contributed by atoms with Gasteiger partial charge in [0.15, 0.2) is 5.78 Å². The molecule has 1 unspecified atom stereocenters. The van der Waals surface area contributed by atoms with Crippen LogP contribution in [-0.2, 0) is 9.59 Å². The van der Waals surface area contributed by atoms with E-state index in [4.69, 9.17) is 5.11 Å². The SMILES string of the molecule is O=C1CN(CCO)C(=O)CC1S. The molecule has 1 N–H and O–H groups in total. The van der Waals surface area contributed by atoms with Crippen molar-refractivity contribution in [3.8, 4) is 0 Å². The van der Waals surface area contributed by atoms with Crippen LogP contribution >= 0.6 is 12.6 Å². The molecule has 0 aliphatic carbocycles. The van der Waals surface area contributed by atoms with E-state index in [0.717, 1.165) is 0 Å². The number of aliphatic hydroxyl groups is 1. The summed E-state index contributed by atoms with van der Waals surface area (Å²) in [5.74, 6) is -0.157. The van der Waals surface area contributed by atoms with Crippen molar-refractivity contribution < 1.29 is 14.7 Å². The van der Waals surface area contributed by atoms with E-state index in [0.29, 0.717) is 0 Å². The Labute approximate surface area is 76.0 Å². The fourth-order valence-electron chi connectivity index (χ4n) is 1.11. The Hall–Kier alpha value is -0.550. The van der Waals surface area contributed by atoms with E-state index >= 15 is 0 Å². The molecule has 1 atom stereocenters. The second kappa shape index (κ2) is 3.91. The fraction of sp³-hybridized carbons (Fsp3) is 0.714. The molecule has 1 fully saturated rings. The van der Waals surface area contributed by atoms with Gasteiger partial charge in [0, 0.05) is 13.0 Å². The Morgan fingerprint density at radius 1 is 1.58 bits per heavy atom. The number of nitrogens with zero attached hydrogens (tertiary/aromatic N) is 1. The van der Waals surface area contributed by atoms with Crippen LogP contribution in [0.3, 0.4) is 0 Å². The van der Waals surface area contributed by atoms with E-state index in [1.807, 2.05) is 0 Å². The van der Waals surface area contributed by atoms with Crippen molar-refractivity contribution in [1.29, 1.82) is 0 Å². The van der Waals surface area contributed by atoms with E-state index < -0.39 is 5.25 Å². The number of amides is 1. The molecule has 0 saturated carbocycles. The van der Waals surface area contributed by atoms with Crippen LogP contribution in [0.4, 0.5) is 0 Å². The Morgan fingerprint density at radius 3 is 2.83 bits per heavy atom. The van der Waals surface area contributed by atoms with Crippen molar-refractivity contribution in [3.63, 3.8) is 0 Å². The van der Waals surface area contributed by atoms with Gasteiger partial charge in [0.2, 0.25) is 5.91 Å². The van der Waals surface area contributed by atoms with Crippen molar-refractivity contribution in [2.24, 2.45) is 0 Å². The van der Waals surface area contributed by atoms with Gasteiger partial charge in [0.25, 0.3) is 0 Å². The minimum atomic E-state index is -0.451. The Bertz CT molecular complexity index is 207. The van der Waals surface area contributed by atoms with Crippen LogP contribution in [-0.4, -0.2) is 46.6 Å². The highest BCUT2D eigenvalue weighted by atomic mass is 32.1. The Balaban J connectivity index is 2.55. The molecule has 1 rings (SSSR count). The van der Waals surface area contributed by atoms with Gasteiger partial charge >= 0.3 is 0 Å². The first-order chi connectivity index (χ1) is 5.65. The lowest BCUT2D eigenvalue weighted by molar-refractivity contribution is -0.140. The third-order valence-electron chi connectivity index (χ3n) is 1.81. The highest BCUT2D eigenvalue weighted by Crippen LogP contribution is 2.12. The number of piperidine rings is 1. The smallest absolute Gasteiger partial charge is 0.224 e. The van der Waals surface area contributed by atoms with Gasteiger partial charge in [-0.1, -0.05) is 0 Å². The van der Waals surface area contributed by atoms with Gasteiger partial charge in [-0.3, -0.25) is 9.59 Å². The highest BCUT2D eigenvalue weighted by Gasteiger charge is 2.29. The number of carbonyl (C=O) groups excluding carboxylic acids is 2. The lowest BCUT2D eigenvalue weighted by atomic mass is 10.1. The molecule has 0 aromatic carbocycles. The maximum Gasteiger partial charge on any atom is 0.224 e. The molecule has 1 saturated heterocycles. The zero-order valence-corrected chi connectivity index (χ0v) is 7.46. The lowest BCUT2D eigenvalue weighted by Gasteiger charge is -2.27. The molecule has 12 heavy (non-hydrogen) atoms. The molecular weight excluding hydrogens is 178 g/mol. The number of hydrogen-bond donors (Lipinski definition) is 2. The second-order valence-corrected chi connectivity index (χ2v) is 3.35. The van der Waals surface area contributed by atoms with Gasteiger partial charge in [-0.2, -0.15) is 12.6 Å². The first kappa shape index (κ1) is 9.54. The number of β-amino-alcohol motifs (C(OH)–C–C–N with tert-alkyl or cyclic N) is 1. The normalized spacial score (nSPS) is 24.8. The van der Waals surface area contributed by atoms with E-state index in [-0.39, 0.29) is 37.8 Å². The summed E-state index contributed by atoms with van der Waals surface area (Å²) in [4.78, 5) is 23.6. The lowest BCUT2D eigenvalue weighted by Crippen LogP contribution is -2.46. The molecule has 0 aromatic rings. The zero-order valence-electron chi connectivity index (χ0n) is 6.56.